The zero-order valence-electron chi connectivity index (χ0n) is 14.0. The molecule has 0 saturated heterocycles. The van der Waals surface area contributed by atoms with E-state index in [0.717, 1.165) is 13.1 Å². The summed E-state index contributed by atoms with van der Waals surface area (Å²) in [5.41, 5.74) is 5.31. The van der Waals surface area contributed by atoms with Gasteiger partial charge in [0.25, 0.3) is 5.91 Å². The number of thiol groups is 1. The summed E-state index contributed by atoms with van der Waals surface area (Å²) in [6, 6.07) is 0. The lowest BCUT2D eigenvalue weighted by Gasteiger charge is -2.17. The third kappa shape index (κ3) is 5.86. The fourth-order valence-electron chi connectivity index (χ4n) is 2.07. The van der Waals surface area contributed by atoms with E-state index in [0.29, 0.717) is 5.70 Å². The van der Waals surface area contributed by atoms with E-state index < -0.39 is 38.7 Å². The average molecular weight is 401 g/mol. The molecule has 5 N–H and O–H groups in total. The number of carbonyl (C=O) groups excluding carboxylic acids is 2. The number of amides is 2. The Morgan fingerprint density at radius 2 is 2.08 bits per heavy atom. The van der Waals surface area contributed by atoms with E-state index in [2.05, 4.69) is 22.9 Å². The maximum absolute atomic E-state index is 12.4. The monoisotopic (exact) mass is 401 g/mol. The Morgan fingerprint density at radius 1 is 1.46 bits per heavy atom. The van der Waals surface area contributed by atoms with Crippen molar-refractivity contribution in [3.8, 4) is 0 Å². The number of primary amides is 1. The van der Waals surface area contributed by atoms with Crippen molar-refractivity contribution in [3.05, 3.63) is 46.2 Å². The minimum Gasteiger partial charge on any atom is -0.512 e. The van der Waals surface area contributed by atoms with E-state index in [4.69, 9.17) is 10.3 Å². The molecule has 0 radical (unpaired) electrons. The number of nitrogens with two attached hydrogens (primary N) is 1. The first-order chi connectivity index (χ1) is 12.0. The van der Waals surface area contributed by atoms with Crippen LogP contribution in [0.25, 0.3) is 0 Å². The molecule has 26 heavy (non-hydrogen) atoms. The molecule has 2 amide bonds. The lowest BCUT2D eigenvalue weighted by Crippen LogP contribution is -2.30. The SMILES string of the molecule is CN=C(C(S)=CC(C(=O)NC1=CC=CC(C(N)=O)C1)=C(C)O)S(=O)(=O)O. The van der Waals surface area contributed by atoms with Gasteiger partial charge in [-0.15, -0.1) is 12.6 Å². The highest BCUT2D eigenvalue weighted by molar-refractivity contribution is 8.04. The molecule has 1 rings (SSSR count). The average Bonchev–Trinajstić information content (AvgIpc) is 2.51. The largest absolute Gasteiger partial charge is 0.512 e. The van der Waals surface area contributed by atoms with Crippen molar-refractivity contribution >= 4 is 39.6 Å². The molecule has 1 unspecified atom stereocenters. The second-order valence-corrected chi connectivity index (χ2v) is 7.10. The Hall–Kier alpha value is -2.37. The maximum Gasteiger partial charge on any atom is 0.312 e. The number of nitrogens with one attached hydrogen (secondary N) is 1. The Balaban J connectivity index is 3.09. The van der Waals surface area contributed by atoms with Crippen LogP contribution < -0.4 is 11.1 Å². The molecule has 0 aliphatic heterocycles. The van der Waals surface area contributed by atoms with Gasteiger partial charge in [0.2, 0.25) is 5.91 Å². The number of carbonyl (C=O) groups is 2. The van der Waals surface area contributed by atoms with E-state index in [1.165, 1.54) is 6.92 Å². The Morgan fingerprint density at radius 3 is 2.54 bits per heavy atom. The molecule has 1 aliphatic carbocycles. The molecule has 1 aliphatic rings. The molecule has 0 heterocycles. The number of hydrogen-bond acceptors (Lipinski definition) is 7. The number of aliphatic hydroxyl groups is 1. The maximum atomic E-state index is 12.4. The van der Waals surface area contributed by atoms with E-state index in [-0.39, 0.29) is 16.9 Å². The topological polar surface area (TPSA) is 159 Å². The highest BCUT2D eigenvalue weighted by Gasteiger charge is 2.22. The van der Waals surface area contributed by atoms with Gasteiger partial charge in [-0.05, 0) is 19.1 Å². The van der Waals surface area contributed by atoms with Gasteiger partial charge in [0.1, 0.15) is 5.76 Å². The number of rotatable bonds is 5. The highest BCUT2D eigenvalue weighted by Crippen LogP contribution is 2.19. The van der Waals surface area contributed by atoms with E-state index in [1.54, 1.807) is 18.2 Å². The van der Waals surface area contributed by atoms with E-state index in [9.17, 15) is 23.1 Å². The third-order valence-electron chi connectivity index (χ3n) is 3.30. The molecule has 0 aromatic heterocycles. The Bertz CT molecular complexity index is 862. The summed E-state index contributed by atoms with van der Waals surface area (Å²) in [6.45, 7) is 1.21. The number of nitrogens with zero attached hydrogens (tertiary/aromatic N) is 1. The predicted octanol–water partition coefficient (Wildman–Crippen LogP) is 0.610. The van der Waals surface area contributed by atoms with Gasteiger partial charge in [0.05, 0.1) is 11.5 Å². The third-order valence-corrected chi connectivity index (χ3v) is 4.69. The molecule has 9 nitrogen and oxygen atoms in total. The lowest BCUT2D eigenvalue weighted by molar-refractivity contribution is -0.121. The minimum atomic E-state index is -4.66. The normalized spacial score (nSPS) is 19.5. The van der Waals surface area contributed by atoms with Gasteiger partial charge in [-0.1, -0.05) is 12.2 Å². The number of aliphatic hydroxyl groups excluding tert-OH is 1. The van der Waals surface area contributed by atoms with Gasteiger partial charge < -0.3 is 16.2 Å². The van der Waals surface area contributed by atoms with Gasteiger partial charge in [0, 0.05) is 24.1 Å². The van der Waals surface area contributed by atoms with Crippen LogP contribution in [-0.4, -0.2) is 42.0 Å². The van der Waals surface area contributed by atoms with Crippen LogP contribution in [0.2, 0.25) is 0 Å². The van der Waals surface area contributed by atoms with Gasteiger partial charge in [-0.3, -0.25) is 19.1 Å². The number of aliphatic imine (C=N–C) groups is 1. The first-order valence-corrected chi connectivity index (χ1v) is 9.09. The van der Waals surface area contributed by atoms with Gasteiger partial charge in [-0.2, -0.15) is 8.42 Å². The molecule has 0 aromatic carbocycles. The van der Waals surface area contributed by atoms with Gasteiger partial charge >= 0.3 is 10.1 Å². The standard InChI is InChI=1S/C15H19N3O6S2/c1-8(19)11(7-12(25)15(17-2)26(22,23)24)14(21)18-10-5-3-4-9(6-10)13(16)20/h3-5,7,9,19,25H,6H2,1-2H3,(H2,16,20)(H,18,21)(H,22,23,24). The van der Waals surface area contributed by atoms with Gasteiger partial charge in [0.15, 0.2) is 5.04 Å². The molecule has 0 bridgehead atoms. The van der Waals surface area contributed by atoms with Crippen molar-refractivity contribution in [1.29, 1.82) is 0 Å². The van der Waals surface area contributed by atoms with Crippen molar-refractivity contribution in [2.75, 3.05) is 7.05 Å². The van der Waals surface area contributed by atoms with Crippen molar-refractivity contribution in [2.24, 2.45) is 16.6 Å². The van der Waals surface area contributed by atoms with E-state index in [1.807, 2.05) is 0 Å². The Kier molecular flexibility index (Phi) is 7.36. The van der Waals surface area contributed by atoms with Crippen molar-refractivity contribution in [2.45, 2.75) is 13.3 Å². The summed E-state index contributed by atoms with van der Waals surface area (Å²) < 4.78 is 31.6. The molecule has 0 spiro atoms. The Labute approximate surface area is 156 Å². The van der Waals surface area contributed by atoms with Crippen LogP contribution in [0.1, 0.15) is 13.3 Å². The summed E-state index contributed by atoms with van der Waals surface area (Å²) in [7, 11) is -3.54. The summed E-state index contributed by atoms with van der Waals surface area (Å²) in [4.78, 5) is 26.7. The molecular formula is C15H19N3O6S2. The molecule has 142 valence electrons. The van der Waals surface area contributed by atoms with Crippen LogP contribution in [0.15, 0.2) is 51.2 Å². The second-order valence-electron chi connectivity index (χ2n) is 5.28. The zero-order chi connectivity index (χ0) is 20.1. The fourth-order valence-corrected chi connectivity index (χ4v) is 3.20. The van der Waals surface area contributed by atoms with Crippen LogP contribution in [0.5, 0.6) is 0 Å². The second kappa shape index (κ2) is 8.83. The molecule has 0 fully saturated rings. The smallest absolute Gasteiger partial charge is 0.312 e. The number of hydrogen-bond donors (Lipinski definition) is 5. The van der Waals surface area contributed by atoms with Crippen LogP contribution in [0, 0.1) is 5.92 Å². The molecule has 11 heteroatoms. The van der Waals surface area contributed by atoms with Crippen LogP contribution in [-0.2, 0) is 19.7 Å². The summed E-state index contributed by atoms with van der Waals surface area (Å²) >= 11 is 3.91. The fraction of sp³-hybridized carbons (Fsp3) is 0.267. The summed E-state index contributed by atoms with van der Waals surface area (Å²) in [5.74, 6) is -2.32. The minimum absolute atomic E-state index is 0.166. The van der Waals surface area contributed by atoms with Crippen molar-refractivity contribution in [1.82, 2.24) is 5.32 Å². The molecular weight excluding hydrogens is 382 g/mol. The van der Waals surface area contributed by atoms with E-state index >= 15 is 0 Å². The summed E-state index contributed by atoms with van der Waals surface area (Å²) in [6.07, 6.45) is 5.83. The van der Waals surface area contributed by atoms with Crippen molar-refractivity contribution in [3.63, 3.8) is 0 Å². The highest BCUT2D eigenvalue weighted by atomic mass is 32.2. The first kappa shape index (κ1) is 21.7. The summed E-state index contributed by atoms with van der Waals surface area (Å²) in [5, 5.41) is 11.5. The predicted molar refractivity (Wildman–Crippen MR) is 100.0 cm³/mol. The first-order valence-electron chi connectivity index (χ1n) is 7.20. The van der Waals surface area contributed by atoms with Crippen LogP contribution in [0.4, 0.5) is 0 Å². The lowest BCUT2D eigenvalue weighted by atomic mass is 9.97. The van der Waals surface area contributed by atoms with Crippen LogP contribution >= 0.6 is 12.6 Å². The zero-order valence-corrected chi connectivity index (χ0v) is 15.7. The number of allylic oxidation sites excluding steroid dienone is 4. The molecule has 0 aromatic rings. The van der Waals surface area contributed by atoms with Gasteiger partial charge in [-0.25, -0.2) is 0 Å². The van der Waals surface area contributed by atoms with Crippen molar-refractivity contribution < 1.29 is 27.7 Å². The molecule has 1 atom stereocenters. The molecule has 0 saturated carbocycles. The quantitative estimate of drug-likeness (QED) is 0.0863. The van der Waals surface area contributed by atoms with Crippen LogP contribution in [0.3, 0.4) is 0 Å².